The van der Waals surface area contributed by atoms with Crippen molar-refractivity contribution in [1.82, 2.24) is 5.06 Å². The molecule has 6 nitrogen and oxygen atoms in total. The van der Waals surface area contributed by atoms with Gasteiger partial charge in [-0.2, -0.15) is 0 Å². The van der Waals surface area contributed by atoms with E-state index in [1.165, 1.54) is 12.1 Å². The normalized spacial score (nSPS) is 20.1. The van der Waals surface area contributed by atoms with E-state index in [1.807, 2.05) is 0 Å². The first-order valence-electron chi connectivity index (χ1n) is 8.32. The molecule has 136 valence electrons. The zero-order valence-electron chi connectivity index (χ0n) is 14.0. The molecule has 1 aromatic rings. The Morgan fingerprint density at radius 2 is 2.08 bits per heavy atom. The Labute approximate surface area is 146 Å². The van der Waals surface area contributed by atoms with Crippen LogP contribution in [-0.2, 0) is 4.74 Å². The summed E-state index contributed by atoms with van der Waals surface area (Å²) in [5.41, 5.74) is 4.92. The predicted molar refractivity (Wildman–Crippen MR) is 89.5 cm³/mol. The lowest BCUT2D eigenvalue weighted by Crippen LogP contribution is -2.33. The topological polar surface area (TPSA) is 85.0 Å². The monoisotopic (exact) mass is 350 g/mol. The molecule has 0 radical (unpaired) electrons. The third kappa shape index (κ3) is 6.99. The molecular formula is C18H23FN2O4. The Bertz CT molecular complexity index is 612. The SMILES string of the molecule is NC(=O)N(O)CCC#C[C@@H]1CCCC[C@@H](COc2ccc(F)cc2)O1. The minimum Gasteiger partial charge on any atom is -0.491 e. The van der Waals surface area contributed by atoms with Gasteiger partial charge in [0.25, 0.3) is 0 Å². The number of carbonyl (C=O) groups is 1. The average molecular weight is 350 g/mol. The highest BCUT2D eigenvalue weighted by molar-refractivity contribution is 5.70. The molecule has 1 fully saturated rings. The van der Waals surface area contributed by atoms with Crippen molar-refractivity contribution in [3.63, 3.8) is 0 Å². The number of urea groups is 1. The average Bonchev–Trinajstić information content (AvgIpc) is 2.83. The second kappa shape index (κ2) is 9.87. The van der Waals surface area contributed by atoms with Gasteiger partial charge in [0.2, 0.25) is 0 Å². The molecule has 0 aliphatic carbocycles. The Morgan fingerprint density at radius 3 is 2.80 bits per heavy atom. The van der Waals surface area contributed by atoms with Crippen LogP contribution >= 0.6 is 0 Å². The first kappa shape index (κ1) is 19.0. The third-order valence-electron chi connectivity index (χ3n) is 3.81. The van der Waals surface area contributed by atoms with E-state index in [9.17, 15) is 9.18 Å². The van der Waals surface area contributed by atoms with Gasteiger partial charge in [-0.3, -0.25) is 5.21 Å². The third-order valence-corrected chi connectivity index (χ3v) is 3.81. The molecule has 2 rings (SSSR count). The van der Waals surface area contributed by atoms with Crippen molar-refractivity contribution in [3.8, 4) is 17.6 Å². The van der Waals surface area contributed by atoms with E-state index in [0.29, 0.717) is 23.8 Å². The lowest BCUT2D eigenvalue weighted by Gasteiger charge is -2.19. The van der Waals surface area contributed by atoms with E-state index >= 15 is 0 Å². The number of halogens is 1. The Hall–Kier alpha value is -2.30. The van der Waals surface area contributed by atoms with Crippen molar-refractivity contribution in [2.24, 2.45) is 5.73 Å². The van der Waals surface area contributed by atoms with Crippen LogP contribution in [0, 0.1) is 17.7 Å². The molecule has 1 aliphatic heterocycles. The summed E-state index contributed by atoms with van der Waals surface area (Å²) < 4.78 is 24.5. The van der Waals surface area contributed by atoms with Crippen molar-refractivity contribution in [1.29, 1.82) is 0 Å². The fraction of sp³-hybridized carbons (Fsp3) is 0.500. The largest absolute Gasteiger partial charge is 0.491 e. The molecule has 1 aliphatic rings. The number of hydroxylamine groups is 2. The summed E-state index contributed by atoms with van der Waals surface area (Å²) in [6, 6.07) is 4.98. The Morgan fingerprint density at radius 1 is 1.36 bits per heavy atom. The number of primary amides is 1. The summed E-state index contributed by atoms with van der Waals surface area (Å²) in [6.07, 6.45) is 3.79. The summed E-state index contributed by atoms with van der Waals surface area (Å²) in [4.78, 5) is 10.7. The van der Waals surface area contributed by atoms with Crippen molar-refractivity contribution >= 4 is 6.03 Å². The van der Waals surface area contributed by atoms with E-state index in [1.54, 1.807) is 12.1 Å². The van der Waals surface area contributed by atoms with Gasteiger partial charge in [-0.25, -0.2) is 14.2 Å². The molecule has 3 N–H and O–H groups in total. The van der Waals surface area contributed by atoms with Crippen LogP contribution < -0.4 is 10.5 Å². The van der Waals surface area contributed by atoms with E-state index < -0.39 is 6.03 Å². The molecule has 7 heteroatoms. The molecule has 0 spiro atoms. The van der Waals surface area contributed by atoms with Crippen molar-refractivity contribution < 1.29 is 23.9 Å². The molecule has 0 saturated carbocycles. The summed E-state index contributed by atoms with van der Waals surface area (Å²) in [5, 5.41) is 9.60. The van der Waals surface area contributed by atoms with Gasteiger partial charge >= 0.3 is 6.03 Å². The van der Waals surface area contributed by atoms with E-state index in [-0.39, 0.29) is 24.6 Å². The fourth-order valence-corrected chi connectivity index (χ4v) is 2.48. The van der Waals surface area contributed by atoms with Gasteiger partial charge in [0, 0.05) is 6.42 Å². The highest BCUT2D eigenvalue weighted by Gasteiger charge is 2.19. The van der Waals surface area contributed by atoms with Crippen molar-refractivity contribution in [2.75, 3.05) is 13.2 Å². The van der Waals surface area contributed by atoms with Gasteiger partial charge in [0.05, 0.1) is 12.6 Å². The van der Waals surface area contributed by atoms with Crippen LogP contribution in [0.15, 0.2) is 24.3 Å². The van der Waals surface area contributed by atoms with Crippen LogP contribution in [0.5, 0.6) is 5.75 Å². The first-order valence-corrected chi connectivity index (χ1v) is 8.32. The van der Waals surface area contributed by atoms with Crippen LogP contribution in [0.4, 0.5) is 9.18 Å². The van der Waals surface area contributed by atoms with Gasteiger partial charge in [0.15, 0.2) is 0 Å². The summed E-state index contributed by atoms with van der Waals surface area (Å²) in [5.74, 6) is 6.23. The second-order valence-corrected chi connectivity index (χ2v) is 5.83. The molecule has 2 atom stereocenters. The highest BCUT2D eigenvalue weighted by atomic mass is 19.1. The van der Waals surface area contributed by atoms with Crippen molar-refractivity contribution in [3.05, 3.63) is 30.1 Å². The Kier molecular flexibility index (Phi) is 7.51. The summed E-state index contributed by atoms with van der Waals surface area (Å²) in [6.45, 7) is 0.446. The van der Waals surface area contributed by atoms with Gasteiger partial charge < -0.3 is 15.2 Å². The van der Waals surface area contributed by atoms with E-state index in [2.05, 4.69) is 11.8 Å². The maximum absolute atomic E-state index is 12.9. The number of nitrogens with zero attached hydrogens (tertiary/aromatic N) is 1. The second-order valence-electron chi connectivity index (χ2n) is 5.83. The standard InChI is InChI=1S/C18H23FN2O4/c19-14-8-10-15(11-9-14)24-13-17-7-2-1-5-16(25-17)6-3-4-12-21(23)18(20)22/h8-11,16-17,23H,1-2,4-5,7,12-13H2,(H2,20,22)/t16-,17-/m0/s1. The summed E-state index contributed by atoms with van der Waals surface area (Å²) >= 11 is 0. The van der Waals surface area contributed by atoms with Crippen LogP contribution in [0.25, 0.3) is 0 Å². The number of ether oxygens (including phenoxy) is 2. The Balaban J connectivity index is 1.79. The number of rotatable bonds is 5. The minimum atomic E-state index is -0.898. The van der Waals surface area contributed by atoms with Crippen LogP contribution in [-0.4, -0.2) is 41.7 Å². The number of amides is 2. The maximum Gasteiger partial charge on any atom is 0.338 e. The molecule has 0 bridgehead atoms. The van der Waals surface area contributed by atoms with Crippen LogP contribution in [0.3, 0.4) is 0 Å². The molecule has 1 saturated heterocycles. The summed E-state index contributed by atoms with van der Waals surface area (Å²) in [7, 11) is 0. The molecule has 0 aromatic heterocycles. The lowest BCUT2D eigenvalue weighted by molar-refractivity contribution is -0.0373. The maximum atomic E-state index is 12.9. The number of nitrogens with two attached hydrogens (primary N) is 1. The fourth-order valence-electron chi connectivity index (χ4n) is 2.48. The molecule has 1 heterocycles. The first-order chi connectivity index (χ1) is 12.0. The number of carbonyl (C=O) groups excluding carboxylic acids is 1. The smallest absolute Gasteiger partial charge is 0.338 e. The van der Waals surface area contributed by atoms with Crippen molar-refractivity contribution in [2.45, 2.75) is 44.3 Å². The van der Waals surface area contributed by atoms with E-state index in [0.717, 1.165) is 25.7 Å². The van der Waals surface area contributed by atoms with Gasteiger partial charge in [-0.05, 0) is 43.5 Å². The molecule has 2 amide bonds. The van der Waals surface area contributed by atoms with Gasteiger partial charge in [-0.15, -0.1) is 0 Å². The quantitative estimate of drug-likeness (QED) is 0.486. The minimum absolute atomic E-state index is 0.0617. The molecular weight excluding hydrogens is 327 g/mol. The number of benzene rings is 1. The van der Waals surface area contributed by atoms with Crippen LogP contribution in [0.1, 0.15) is 32.1 Å². The molecule has 0 unspecified atom stereocenters. The number of hydrogen-bond acceptors (Lipinski definition) is 4. The zero-order valence-corrected chi connectivity index (χ0v) is 14.0. The molecule has 1 aromatic carbocycles. The van der Waals surface area contributed by atoms with Gasteiger partial charge in [0.1, 0.15) is 24.3 Å². The van der Waals surface area contributed by atoms with E-state index in [4.69, 9.17) is 20.4 Å². The van der Waals surface area contributed by atoms with Gasteiger partial charge in [-0.1, -0.05) is 18.3 Å². The predicted octanol–water partition coefficient (Wildman–Crippen LogP) is 2.70. The molecule has 25 heavy (non-hydrogen) atoms. The zero-order chi connectivity index (χ0) is 18.1. The van der Waals surface area contributed by atoms with Crippen LogP contribution in [0.2, 0.25) is 0 Å². The lowest BCUT2D eigenvalue weighted by atomic mass is 10.1. The highest BCUT2D eigenvalue weighted by Crippen LogP contribution is 2.20. The number of hydrogen-bond donors (Lipinski definition) is 2.